The van der Waals surface area contributed by atoms with Gasteiger partial charge in [-0.1, -0.05) is 32.4 Å². The maximum Gasteiger partial charge on any atom is 0.408 e. The van der Waals surface area contributed by atoms with Crippen molar-refractivity contribution >= 4 is 12.0 Å². The highest BCUT2D eigenvalue weighted by Gasteiger charge is 2.70. The molecule has 3 rings (SSSR count). The van der Waals surface area contributed by atoms with Crippen LogP contribution >= 0.6 is 0 Å². The van der Waals surface area contributed by atoms with E-state index < -0.39 is 12.1 Å². The third kappa shape index (κ3) is 6.43. The van der Waals surface area contributed by atoms with Gasteiger partial charge in [-0.25, -0.2) is 4.79 Å². The summed E-state index contributed by atoms with van der Waals surface area (Å²) in [5.41, 5.74) is 1.29. The van der Waals surface area contributed by atoms with E-state index in [1.54, 1.807) is 19.1 Å². The van der Waals surface area contributed by atoms with Crippen LogP contribution in [0.5, 0.6) is 0 Å². The summed E-state index contributed by atoms with van der Waals surface area (Å²) >= 11 is 0. The number of allylic oxidation sites excluding steroid dienone is 2. The zero-order valence-electron chi connectivity index (χ0n) is 23.9. The van der Waals surface area contributed by atoms with Crippen LogP contribution in [0, 0.1) is 23.2 Å². The second-order valence-corrected chi connectivity index (χ2v) is 12.4. The van der Waals surface area contributed by atoms with E-state index in [1.807, 2.05) is 32.8 Å². The normalized spacial score (nSPS) is 33.9. The SMILES string of the molecule is CO[C@@H]1[C@H](OC(=O)N[C@@H](C(=O)N(C)CCN(C)C)C(C)C)CC[C@]2(CO2)[C@H]1[C@@]1(C)C[C@@H]1CC=C(C)C. The molecule has 1 N–H and O–H groups in total. The van der Waals surface area contributed by atoms with Crippen molar-refractivity contribution in [2.75, 3.05) is 47.9 Å². The maximum atomic E-state index is 13.1. The van der Waals surface area contributed by atoms with Gasteiger partial charge in [-0.05, 0) is 70.9 Å². The molecule has 2 amide bonds. The van der Waals surface area contributed by atoms with Gasteiger partial charge in [0.2, 0.25) is 5.91 Å². The van der Waals surface area contributed by atoms with E-state index in [-0.39, 0.29) is 41.0 Å². The Morgan fingerprint density at radius 2 is 1.86 bits per heavy atom. The number of epoxide rings is 1. The van der Waals surface area contributed by atoms with Gasteiger partial charge in [-0.3, -0.25) is 4.79 Å². The molecule has 2 aliphatic carbocycles. The van der Waals surface area contributed by atoms with Gasteiger partial charge in [0.15, 0.2) is 0 Å². The van der Waals surface area contributed by atoms with Crippen molar-refractivity contribution < 1.29 is 23.8 Å². The lowest BCUT2D eigenvalue weighted by atomic mass is 9.67. The summed E-state index contributed by atoms with van der Waals surface area (Å²) in [4.78, 5) is 29.8. The number of hydrogen-bond donors (Lipinski definition) is 1. The molecule has 1 saturated heterocycles. The van der Waals surface area contributed by atoms with Gasteiger partial charge in [0.1, 0.15) is 18.2 Å². The molecule has 36 heavy (non-hydrogen) atoms. The van der Waals surface area contributed by atoms with E-state index in [2.05, 4.69) is 32.2 Å². The molecule has 206 valence electrons. The molecule has 0 bridgehead atoms. The topological polar surface area (TPSA) is 83.6 Å². The Morgan fingerprint density at radius 1 is 1.19 bits per heavy atom. The molecule has 1 heterocycles. The lowest BCUT2D eigenvalue weighted by Crippen LogP contribution is -2.55. The second-order valence-electron chi connectivity index (χ2n) is 12.4. The van der Waals surface area contributed by atoms with E-state index in [0.717, 1.165) is 32.4 Å². The Hall–Kier alpha value is -1.64. The van der Waals surface area contributed by atoms with E-state index in [9.17, 15) is 9.59 Å². The first kappa shape index (κ1) is 28.9. The Balaban J connectivity index is 1.67. The predicted molar refractivity (Wildman–Crippen MR) is 141 cm³/mol. The number of rotatable bonds is 11. The molecule has 8 heteroatoms. The summed E-state index contributed by atoms with van der Waals surface area (Å²) in [6, 6.07) is -0.641. The van der Waals surface area contributed by atoms with Crippen molar-refractivity contribution in [3.63, 3.8) is 0 Å². The summed E-state index contributed by atoms with van der Waals surface area (Å²) in [6.07, 6.45) is 4.92. The fraction of sp³-hybridized carbons (Fsp3) is 0.857. The summed E-state index contributed by atoms with van der Waals surface area (Å²) in [7, 11) is 7.43. The number of nitrogens with one attached hydrogen (secondary N) is 1. The van der Waals surface area contributed by atoms with Gasteiger partial charge < -0.3 is 29.3 Å². The molecule has 3 fully saturated rings. The van der Waals surface area contributed by atoms with Crippen LogP contribution in [0.3, 0.4) is 0 Å². The highest BCUT2D eigenvalue weighted by Crippen LogP contribution is 2.68. The molecule has 1 aliphatic heterocycles. The number of hydrogen-bond acceptors (Lipinski definition) is 6. The Labute approximate surface area is 218 Å². The number of nitrogens with zero attached hydrogens (tertiary/aromatic N) is 2. The number of methoxy groups -OCH3 is 1. The molecule has 7 atom stereocenters. The molecule has 0 aromatic rings. The summed E-state index contributed by atoms with van der Waals surface area (Å²) in [6.45, 7) is 12.6. The predicted octanol–water partition coefficient (Wildman–Crippen LogP) is 3.70. The number of ether oxygens (including phenoxy) is 3. The van der Waals surface area contributed by atoms with Gasteiger partial charge in [0.05, 0.1) is 12.2 Å². The van der Waals surface area contributed by atoms with E-state index in [0.29, 0.717) is 18.9 Å². The van der Waals surface area contributed by atoms with Crippen LogP contribution in [0.25, 0.3) is 0 Å². The van der Waals surface area contributed by atoms with Crippen LogP contribution in [0.1, 0.15) is 60.3 Å². The van der Waals surface area contributed by atoms with Gasteiger partial charge in [0.25, 0.3) is 0 Å². The fourth-order valence-corrected chi connectivity index (χ4v) is 6.12. The minimum atomic E-state index is -0.641. The van der Waals surface area contributed by atoms with Crippen LogP contribution in [-0.2, 0) is 19.0 Å². The Kier molecular flexibility index (Phi) is 9.16. The van der Waals surface area contributed by atoms with E-state index in [4.69, 9.17) is 14.2 Å². The van der Waals surface area contributed by atoms with Crippen molar-refractivity contribution in [3.8, 4) is 0 Å². The van der Waals surface area contributed by atoms with E-state index >= 15 is 0 Å². The smallest absolute Gasteiger partial charge is 0.408 e. The first-order valence-corrected chi connectivity index (χ1v) is 13.5. The van der Waals surface area contributed by atoms with Crippen LogP contribution in [0.2, 0.25) is 0 Å². The number of likely N-dealkylation sites (N-methyl/N-ethyl adjacent to an activating group) is 2. The lowest BCUT2D eigenvalue weighted by molar-refractivity contribution is -0.134. The maximum absolute atomic E-state index is 13.1. The number of carbonyl (C=O) groups excluding carboxylic acids is 2. The average molecular weight is 508 g/mol. The fourth-order valence-electron chi connectivity index (χ4n) is 6.12. The van der Waals surface area contributed by atoms with Crippen LogP contribution in [0.4, 0.5) is 4.79 Å². The summed E-state index contributed by atoms with van der Waals surface area (Å²) in [5, 5.41) is 2.86. The van der Waals surface area contributed by atoms with Crippen LogP contribution in [0.15, 0.2) is 11.6 Å². The lowest BCUT2D eigenvalue weighted by Gasteiger charge is -2.44. The molecular formula is C28H49N3O5. The monoisotopic (exact) mass is 507 g/mol. The molecule has 8 nitrogen and oxygen atoms in total. The molecule has 1 spiro atoms. The number of amides is 2. The zero-order chi connectivity index (χ0) is 26.8. The molecular weight excluding hydrogens is 458 g/mol. The largest absolute Gasteiger partial charge is 0.443 e. The highest BCUT2D eigenvalue weighted by molar-refractivity contribution is 5.85. The summed E-state index contributed by atoms with van der Waals surface area (Å²) in [5.74, 6) is 0.598. The minimum Gasteiger partial charge on any atom is -0.443 e. The summed E-state index contributed by atoms with van der Waals surface area (Å²) < 4.78 is 18.1. The Bertz CT molecular complexity index is 820. The molecule has 2 saturated carbocycles. The standard InChI is InChI=1S/C28H49N3O5/c1-18(2)10-11-20-16-27(20,5)24-23(34-9)21(12-13-28(24)17-35-28)36-26(33)29-22(19(3)4)25(32)31(8)15-14-30(6)7/h10,19-24H,11-17H2,1-9H3,(H,29,33)/t20-,21+,22+,23+,24+,27-,28-/m0/s1. The second kappa shape index (κ2) is 11.4. The van der Waals surface area contributed by atoms with Crippen molar-refractivity contribution in [2.24, 2.45) is 23.2 Å². The molecule has 0 unspecified atom stereocenters. The first-order chi connectivity index (χ1) is 16.8. The molecule has 0 aromatic carbocycles. The van der Waals surface area contributed by atoms with Gasteiger partial charge >= 0.3 is 6.09 Å². The van der Waals surface area contributed by atoms with Crippen molar-refractivity contribution in [3.05, 3.63) is 11.6 Å². The third-order valence-electron chi connectivity index (χ3n) is 8.60. The molecule has 0 radical (unpaired) electrons. The van der Waals surface area contributed by atoms with Crippen molar-refractivity contribution in [1.82, 2.24) is 15.1 Å². The molecule has 0 aromatic heterocycles. The van der Waals surface area contributed by atoms with Crippen LogP contribution < -0.4 is 5.32 Å². The minimum absolute atomic E-state index is 0.0615. The van der Waals surface area contributed by atoms with Gasteiger partial charge in [-0.2, -0.15) is 0 Å². The van der Waals surface area contributed by atoms with Gasteiger partial charge in [-0.15, -0.1) is 0 Å². The number of alkyl carbamates (subject to hydrolysis) is 1. The molecule has 3 aliphatic rings. The third-order valence-corrected chi connectivity index (χ3v) is 8.60. The quantitative estimate of drug-likeness (QED) is 0.339. The number of carbonyl (C=O) groups is 2. The highest BCUT2D eigenvalue weighted by atomic mass is 16.6. The van der Waals surface area contributed by atoms with Crippen molar-refractivity contribution in [1.29, 1.82) is 0 Å². The Morgan fingerprint density at radius 3 is 2.39 bits per heavy atom. The average Bonchev–Trinajstić information content (AvgIpc) is 3.72. The van der Waals surface area contributed by atoms with Crippen LogP contribution in [-0.4, -0.2) is 93.6 Å². The zero-order valence-corrected chi connectivity index (χ0v) is 23.9. The first-order valence-electron chi connectivity index (χ1n) is 13.5. The van der Waals surface area contributed by atoms with E-state index in [1.165, 1.54) is 5.57 Å². The van der Waals surface area contributed by atoms with Gasteiger partial charge in [0, 0.05) is 33.2 Å². The van der Waals surface area contributed by atoms with Crippen molar-refractivity contribution in [2.45, 2.75) is 84.2 Å².